The van der Waals surface area contributed by atoms with E-state index in [0.717, 1.165) is 5.56 Å². The maximum Gasteiger partial charge on any atom is 0.337 e. The van der Waals surface area contributed by atoms with Crippen LogP contribution in [0.15, 0.2) is 65.9 Å². The van der Waals surface area contributed by atoms with Gasteiger partial charge in [0.25, 0.3) is 0 Å². The predicted molar refractivity (Wildman–Crippen MR) is 113 cm³/mol. The van der Waals surface area contributed by atoms with Crippen LogP contribution in [0.5, 0.6) is 11.5 Å². The lowest BCUT2D eigenvalue weighted by atomic mass is 10.1. The molecule has 158 valence electrons. The number of hydrogen-bond donors (Lipinski definition) is 2. The first kappa shape index (κ1) is 21.2. The molecule has 3 aromatic rings. The fraction of sp³-hybridized carbons (Fsp3) is 0.0952. The van der Waals surface area contributed by atoms with Crippen molar-refractivity contribution in [1.82, 2.24) is 4.98 Å². The van der Waals surface area contributed by atoms with Crippen molar-refractivity contribution < 1.29 is 24.3 Å². The van der Waals surface area contributed by atoms with Crippen molar-refractivity contribution in [2.75, 3.05) is 12.5 Å². The van der Waals surface area contributed by atoms with E-state index in [1.54, 1.807) is 6.07 Å². The Morgan fingerprint density at radius 2 is 2.03 bits per heavy atom. The number of nitro benzene ring substituents is 1. The van der Waals surface area contributed by atoms with Gasteiger partial charge in [0, 0.05) is 17.8 Å². The van der Waals surface area contributed by atoms with Gasteiger partial charge in [0.05, 0.1) is 23.8 Å². The summed E-state index contributed by atoms with van der Waals surface area (Å²) in [7, 11) is 1.39. The number of hydrogen-bond acceptors (Lipinski definition) is 8. The molecule has 0 fully saturated rings. The minimum Gasteiger partial charge on any atom is -0.493 e. The number of benzene rings is 2. The minimum absolute atomic E-state index is 0.0207. The molecule has 0 amide bonds. The number of nitrogens with zero attached hydrogens (tertiary/aromatic N) is 3. The van der Waals surface area contributed by atoms with E-state index in [4.69, 9.17) is 14.6 Å². The summed E-state index contributed by atoms with van der Waals surface area (Å²) in [6.45, 7) is 0.144. The molecule has 2 N–H and O–H groups in total. The minimum atomic E-state index is -1.09. The van der Waals surface area contributed by atoms with Gasteiger partial charge in [0.2, 0.25) is 5.75 Å². The number of aromatic carboxylic acids is 1. The average molecular weight is 422 g/mol. The molecule has 0 saturated carbocycles. The molecule has 1 heterocycles. The number of rotatable bonds is 9. The zero-order valence-corrected chi connectivity index (χ0v) is 16.4. The van der Waals surface area contributed by atoms with Crippen LogP contribution >= 0.6 is 0 Å². The van der Waals surface area contributed by atoms with Gasteiger partial charge in [-0.3, -0.25) is 15.5 Å². The number of ether oxygens (including phenoxy) is 2. The lowest BCUT2D eigenvalue weighted by molar-refractivity contribution is -0.386. The Bertz CT molecular complexity index is 1100. The van der Waals surface area contributed by atoms with Crippen molar-refractivity contribution in [3.63, 3.8) is 0 Å². The Balaban J connectivity index is 1.79. The number of anilines is 1. The summed E-state index contributed by atoms with van der Waals surface area (Å²) in [6.07, 6.45) is 2.54. The molecule has 0 atom stereocenters. The second kappa shape index (κ2) is 9.83. The van der Waals surface area contributed by atoms with Gasteiger partial charge in [-0.1, -0.05) is 30.3 Å². The predicted octanol–water partition coefficient (Wildman–Crippen LogP) is 3.72. The fourth-order valence-electron chi connectivity index (χ4n) is 2.60. The molecule has 0 radical (unpaired) electrons. The second-order valence-corrected chi connectivity index (χ2v) is 6.21. The lowest BCUT2D eigenvalue weighted by Gasteiger charge is -2.12. The standard InChI is InChI=1S/C21H18N4O6/c1-30-18-10-15(11-23-24-19-8-7-16(12-22-19)21(26)27)9-17(25(28)29)20(18)31-13-14-5-3-2-4-6-14/h2-12H,13H2,1H3,(H,22,24)(H,26,27)/b23-11+. The summed E-state index contributed by atoms with van der Waals surface area (Å²) < 4.78 is 11.0. The van der Waals surface area contributed by atoms with E-state index in [0.29, 0.717) is 11.4 Å². The van der Waals surface area contributed by atoms with Gasteiger partial charge in [0.1, 0.15) is 12.4 Å². The van der Waals surface area contributed by atoms with E-state index in [1.807, 2.05) is 30.3 Å². The number of carbonyl (C=O) groups is 1. The highest BCUT2D eigenvalue weighted by atomic mass is 16.6. The number of nitro groups is 1. The molecule has 0 aliphatic rings. The number of methoxy groups -OCH3 is 1. The Morgan fingerprint density at radius 3 is 2.65 bits per heavy atom. The number of carboxylic acids is 1. The van der Waals surface area contributed by atoms with Gasteiger partial charge in [-0.25, -0.2) is 9.78 Å². The van der Waals surface area contributed by atoms with E-state index in [9.17, 15) is 14.9 Å². The van der Waals surface area contributed by atoms with Crippen LogP contribution in [0.4, 0.5) is 11.5 Å². The molecule has 0 saturated heterocycles. The van der Waals surface area contributed by atoms with E-state index in [2.05, 4.69) is 15.5 Å². The molecule has 10 heteroatoms. The van der Waals surface area contributed by atoms with Crippen molar-refractivity contribution in [1.29, 1.82) is 0 Å². The first-order valence-electron chi connectivity index (χ1n) is 8.99. The zero-order valence-electron chi connectivity index (χ0n) is 16.4. The smallest absolute Gasteiger partial charge is 0.337 e. The third kappa shape index (κ3) is 5.54. The maximum absolute atomic E-state index is 11.6. The monoisotopic (exact) mass is 422 g/mol. The first-order chi connectivity index (χ1) is 15.0. The van der Waals surface area contributed by atoms with Gasteiger partial charge in [-0.15, -0.1) is 0 Å². The normalized spacial score (nSPS) is 10.6. The van der Waals surface area contributed by atoms with Crippen molar-refractivity contribution in [2.24, 2.45) is 5.10 Å². The molecule has 3 rings (SSSR count). The van der Waals surface area contributed by atoms with Crippen LogP contribution in [0.2, 0.25) is 0 Å². The highest BCUT2D eigenvalue weighted by Gasteiger charge is 2.22. The summed E-state index contributed by atoms with van der Waals surface area (Å²) in [5.41, 5.74) is 3.66. The summed E-state index contributed by atoms with van der Waals surface area (Å²) in [5, 5.41) is 24.4. The van der Waals surface area contributed by atoms with Crippen molar-refractivity contribution in [2.45, 2.75) is 6.61 Å². The lowest BCUT2D eigenvalue weighted by Crippen LogP contribution is -2.03. The zero-order chi connectivity index (χ0) is 22.2. The number of hydrazone groups is 1. The third-order valence-corrected chi connectivity index (χ3v) is 4.10. The van der Waals surface area contributed by atoms with E-state index in [1.165, 1.54) is 37.7 Å². The van der Waals surface area contributed by atoms with Crippen LogP contribution in [0.1, 0.15) is 21.5 Å². The first-order valence-corrected chi connectivity index (χ1v) is 8.99. The van der Waals surface area contributed by atoms with Crippen molar-refractivity contribution in [3.8, 4) is 11.5 Å². The number of carboxylic acid groups (broad SMARTS) is 1. The van der Waals surface area contributed by atoms with E-state index < -0.39 is 10.9 Å². The molecule has 1 aromatic heterocycles. The van der Waals surface area contributed by atoms with Gasteiger partial charge in [-0.2, -0.15) is 5.10 Å². The Hall–Kier alpha value is -4.47. The van der Waals surface area contributed by atoms with Crippen LogP contribution in [0, 0.1) is 10.1 Å². The van der Waals surface area contributed by atoms with Crippen LogP contribution < -0.4 is 14.9 Å². The van der Waals surface area contributed by atoms with Crippen LogP contribution in [-0.4, -0.2) is 34.3 Å². The molecule has 0 aliphatic heterocycles. The SMILES string of the molecule is COc1cc(/C=N/Nc2ccc(C(=O)O)cn2)cc([N+](=O)[O-])c1OCc1ccccc1. The molecule has 2 aromatic carbocycles. The molecule has 31 heavy (non-hydrogen) atoms. The molecule has 0 unspecified atom stereocenters. The quantitative estimate of drug-likeness (QED) is 0.302. The highest BCUT2D eigenvalue weighted by Crippen LogP contribution is 2.38. The van der Waals surface area contributed by atoms with Gasteiger partial charge in [-0.05, 0) is 23.8 Å². The summed E-state index contributed by atoms with van der Waals surface area (Å²) in [6, 6.07) is 15.0. The number of aromatic nitrogens is 1. The van der Waals surface area contributed by atoms with Crippen molar-refractivity contribution >= 4 is 23.7 Å². The highest BCUT2D eigenvalue weighted by molar-refractivity contribution is 5.87. The largest absolute Gasteiger partial charge is 0.493 e. The number of pyridine rings is 1. The second-order valence-electron chi connectivity index (χ2n) is 6.21. The maximum atomic E-state index is 11.6. The van der Waals surface area contributed by atoms with E-state index in [-0.39, 0.29) is 29.4 Å². The van der Waals surface area contributed by atoms with Crippen LogP contribution in [0.25, 0.3) is 0 Å². The summed E-state index contributed by atoms with van der Waals surface area (Å²) in [4.78, 5) is 25.8. The van der Waals surface area contributed by atoms with Crippen molar-refractivity contribution in [3.05, 3.63) is 87.6 Å². The van der Waals surface area contributed by atoms with Crippen LogP contribution in [0.3, 0.4) is 0 Å². The topological polar surface area (TPSA) is 136 Å². The number of nitrogens with one attached hydrogen (secondary N) is 1. The van der Waals surface area contributed by atoms with Gasteiger partial charge >= 0.3 is 11.7 Å². The Kier molecular flexibility index (Phi) is 6.74. The van der Waals surface area contributed by atoms with E-state index >= 15 is 0 Å². The summed E-state index contributed by atoms with van der Waals surface area (Å²) in [5.74, 6) is -0.565. The van der Waals surface area contributed by atoms with Gasteiger partial charge in [0.15, 0.2) is 5.75 Å². The molecule has 0 spiro atoms. The Morgan fingerprint density at radius 1 is 1.26 bits per heavy atom. The summed E-state index contributed by atoms with van der Waals surface area (Å²) >= 11 is 0. The molecule has 0 aliphatic carbocycles. The van der Waals surface area contributed by atoms with Gasteiger partial charge < -0.3 is 14.6 Å². The molecule has 10 nitrogen and oxygen atoms in total. The molecule has 0 bridgehead atoms. The molecular weight excluding hydrogens is 404 g/mol. The molecular formula is C21H18N4O6. The average Bonchev–Trinajstić information content (AvgIpc) is 2.78. The van der Waals surface area contributed by atoms with Crippen LogP contribution in [-0.2, 0) is 6.61 Å². The Labute approximate surface area is 176 Å². The fourth-order valence-corrected chi connectivity index (χ4v) is 2.60. The third-order valence-electron chi connectivity index (χ3n) is 4.10.